The smallest absolute Gasteiger partial charge is 0.185 e. The minimum atomic E-state index is -2.01. The summed E-state index contributed by atoms with van der Waals surface area (Å²) >= 11 is 0. The number of hydrogen-bond acceptors (Lipinski definition) is 1. The molecule has 0 spiro atoms. The van der Waals surface area contributed by atoms with Crippen LogP contribution in [-0.2, 0) is 26.3 Å². The molecule has 1 unspecified atom stereocenters. The maximum absolute atomic E-state index is 9.90. The Morgan fingerprint density at radius 1 is 1.40 bits per heavy atom. The first-order chi connectivity index (χ1) is 4.13. The van der Waals surface area contributed by atoms with Gasteiger partial charge in [0.1, 0.15) is 0 Å². The van der Waals surface area contributed by atoms with E-state index in [9.17, 15) is 4.57 Å². The van der Waals surface area contributed by atoms with Crippen LogP contribution >= 0.6 is 8.03 Å². The van der Waals surface area contributed by atoms with Crippen molar-refractivity contribution >= 4 is 8.03 Å². The van der Waals surface area contributed by atoms with Gasteiger partial charge < -0.3 is 0 Å². The fourth-order valence-corrected chi connectivity index (χ4v) is 0.765. The van der Waals surface area contributed by atoms with Crippen molar-refractivity contribution in [2.45, 2.75) is 27.7 Å². The molecule has 4 heteroatoms. The van der Waals surface area contributed by atoms with Crippen LogP contribution in [0.2, 0.25) is 0 Å². The molecule has 0 aromatic heterocycles. The van der Waals surface area contributed by atoms with Crippen molar-refractivity contribution in [2.75, 3.05) is 0 Å². The van der Waals surface area contributed by atoms with E-state index in [0.29, 0.717) is 0 Å². The Labute approximate surface area is 79.2 Å². The third kappa shape index (κ3) is 23.3. The van der Waals surface area contributed by atoms with Gasteiger partial charge in [-0.25, -0.2) is 0 Å². The van der Waals surface area contributed by atoms with Gasteiger partial charge in [0, 0.05) is 21.7 Å². The third-order valence-electron chi connectivity index (χ3n) is 0.426. The Kier molecular flexibility index (Phi) is 21.2. The van der Waals surface area contributed by atoms with E-state index in [4.69, 9.17) is 4.89 Å². The summed E-state index contributed by atoms with van der Waals surface area (Å²) in [5.74, 6) is 0.216. The molecule has 0 radical (unpaired) electrons. The quantitative estimate of drug-likeness (QED) is 0.420. The van der Waals surface area contributed by atoms with Gasteiger partial charge in [0.25, 0.3) is 0 Å². The molecule has 0 saturated carbocycles. The van der Waals surface area contributed by atoms with Gasteiger partial charge in [0.15, 0.2) is 0 Å². The van der Waals surface area contributed by atoms with Crippen LogP contribution in [0.5, 0.6) is 0 Å². The maximum Gasteiger partial charge on any atom is 0.343 e. The molecule has 60 valence electrons. The molecule has 2 nitrogen and oxygen atoms in total. The summed E-state index contributed by atoms with van der Waals surface area (Å²) in [7, 11) is -2.01. The molecule has 0 saturated heterocycles. The van der Waals surface area contributed by atoms with E-state index in [1.165, 1.54) is 6.16 Å². The normalized spacial score (nSPS) is 9.20. The molecule has 0 aromatic rings. The summed E-state index contributed by atoms with van der Waals surface area (Å²) in [4.78, 5) is 8.18. The van der Waals surface area contributed by atoms with Crippen molar-refractivity contribution in [1.29, 1.82) is 0 Å². The van der Waals surface area contributed by atoms with Gasteiger partial charge in [0.05, 0.1) is 0 Å². The first kappa shape index (κ1) is 17.0. The van der Waals surface area contributed by atoms with Gasteiger partial charge in [0.2, 0.25) is 0 Å². The molecule has 0 aliphatic carbocycles. The van der Waals surface area contributed by atoms with Crippen molar-refractivity contribution < 1.29 is 31.2 Å². The Balaban J connectivity index is -0.000000149. The average Bonchev–Trinajstić information content (AvgIpc) is 1.68. The largest absolute Gasteiger partial charge is 0.343 e. The van der Waals surface area contributed by atoms with Crippen molar-refractivity contribution in [2.24, 2.45) is 5.92 Å². The molecule has 0 heterocycles. The van der Waals surface area contributed by atoms with Gasteiger partial charge in [-0.2, -0.15) is 4.89 Å². The van der Waals surface area contributed by atoms with Crippen LogP contribution in [0.1, 0.15) is 27.7 Å². The molecule has 0 bridgehead atoms. The van der Waals surface area contributed by atoms with Crippen LogP contribution in [0.3, 0.4) is 0 Å². The monoisotopic (exact) mass is 198 g/mol. The summed E-state index contributed by atoms with van der Waals surface area (Å²) in [6, 6.07) is 0. The summed E-state index contributed by atoms with van der Waals surface area (Å²) in [5, 5.41) is 0. The van der Waals surface area contributed by atoms with Crippen LogP contribution < -0.4 is 0 Å². The van der Waals surface area contributed by atoms with Crippen molar-refractivity contribution in [3.8, 4) is 0 Å². The molecular formula is C6H15O2PTi. The second kappa shape index (κ2) is 12.5. The zero-order valence-electron chi connectivity index (χ0n) is 6.96. The minimum absolute atomic E-state index is 0. The van der Waals surface area contributed by atoms with Crippen LogP contribution in [0.15, 0.2) is 0 Å². The van der Waals surface area contributed by atoms with E-state index in [0.717, 1.165) is 0 Å². The zero-order valence-corrected chi connectivity index (χ0v) is 9.41. The first-order valence-corrected chi connectivity index (χ1v) is 4.41. The van der Waals surface area contributed by atoms with Crippen LogP contribution in [0.4, 0.5) is 0 Å². The van der Waals surface area contributed by atoms with Gasteiger partial charge in [-0.15, -0.1) is 5.92 Å². The van der Waals surface area contributed by atoms with Gasteiger partial charge >= 0.3 is 8.03 Å². The number of rotatable bonds is 2. The molecule has 0 amide bonds. The summed E-state index contributed by atoms with van der Waals surface area (Å²) in [6.45, 7) is 7.73. The van der Waals surface area contributed by atoms with E-state index >= 15 is 0 Å². The molecule has 1 atom stereocenters. The predicted molar refractivity (Wildman–Crippen MR) is 40.3 cm³/mol. The molecule has 0 rings (SSSR count). The molecular weight excluding hydrogens is 183 g/mol. The second-order valence-corrected chi connectivity index (χ2v) is 2.60. The first-order valence-electron chi connectivity index (χ1n) is 3.13. The minimum Gasteiger partial charge on any atom is -0.185 e. The fourth-order valence-electron chi connectivity index (χ4n) is 0.255. The van der Waals surface area contributed by atoms with Crippen molar-refractivity contribution in [3.63, 3.8) is 0 Å². The SMILES string of the molecule is CC.CC(C)[CH-][P+](=O)O.[Ti]. The Morgan fingerprint density at radius 3 is 1.70 bits per heavy atom. The van der Waals surface area contributed by atoms with Gasteiger partial charge in [-0.3, -0.25) is 0 Å². The van der Waals surface area contributed by atoms with E-state index in [1.807, 2.05) is 27.7 Å². The van der Waals surface area contributed by atoms with Gasteiger partial charge in [-0.1, -0.05) is 32.3 Å². The van der Waals surface area contributed by atoms with E-state index < -0.39 is 8.03 Å². The third-order valence-corrected chi connectivity index (χ3v) is 1.28. The molecule has 0 fully saturated rings. The number of hydrogen-bond donors (Lipinski definition) is 1. The standard InChI is InChI=1S/C4H9O2P.C2H6.Ti/c1-4(2)3-7(5)6;1-2;/h3-4H,1-2H3,(H,5,6);1-2H3;. The topological polar surface area (TPSA) is 37.3 Å². The van der Waals surface area contributed by atoms with E-state index in [2.05, 4.69) is 0 Å². The summed E-state index contributed by atoms with van der Waals surface area (Å²) < 4.78 is 9.90. The zero-order chi connectivity index (χ0) is 7.86. The van der Waals surface area contributed by atoms with Gasteiger partial charge in [-0.05, 0) is 6.16 Å². The molecule has 0 aliphatic heterocycles. The van der Waals surface area contributed by atoms with Crippen LogP contribution in [0.25, 0.3) is 0 Å². The van der Waals surface area contributed by atoms with Crippen LogP contribution in [-0.4, -0.2) is 4.89 Å². The Morgan fingerprint density at radius 2 is 1.70 bits per heavy atom. The maximum atomic E-state index is 9.90. The summed E-state index contributed by atoms with van der Waals surface area (Å²) in [6.07, 6.45) is 1.40. The Bertz CT molecular complexity index is 76.1. The Hall–Kier alpha value is 0.774. The molecule has 10 heavy (non-hydrogen) atoms. The average molecular weight is 198 g/mol. The van der Waals surface area contributed by atoms with Crippen molar-refractivity contribution in [1.82, 2.24) is 0 Å². The second-order valence-electron chi connectivity index (χ2n) is 1.70. The molecule has 0 aliphatic rings. The molecule has 0 aromatic carbocycles. The predicted octanol–water partition coefficient (Wildman–Crippen LogP) is 2.56. The fraction of sp³-hybridized carbons (Fsp3) is 0.833. The van der Waals surface area contributed by atoms with E-state index in [-0.39, 0.29) is 27.6 Å². The van der Waals surface area contributed by atoms with Crippen molar-refractivity contribution in [3.05, 3.63) is 6.16 Å². The van der Waals surface area contributed by atoms with E-state index in [1.54, 1.807) is 0 Å². The summed E-state index contributed by atoms with van der Waals surface area (Å²) in [5.41, 5.74) is 0. The molecule has 1 N–H and O–H groups in total. The van der Waals surface area contributed by atoms with Crippen LogP contribution in [0, 0.1) is 12.1 Å².